The van der Waals surface area contributed by atoms with Crippen molar-refractivity contribution < 1.29 is 47.6 Å². The lowest BCUT2D eigenvalue weighted by Crippen LogP contribution is -2.46. The van der Waals surface area contributed by atoms with Crippen LogP contribution < -0.4 is 4.74 Å². The number of carbonyl (C=O) groups is 4. The molecule has 1 aliphatic heterocycles. The Morgan fingerprint density at radius 3 is 2.10 bits per heavy atom. The quantitative estimate of drug-likeness (QED) is 0.285. The first kappa shape index (κ1) is 30.9. The van der Waals surface area contributed by atoms with Gasteiger partial charge in [-0.3, -0.25) is 19.2 Å². The molecule has 1 fully saturated rings. The van der Waals surface area contributed by atoms with Crippen LogP contribution >= 0.6 is 11.6 Å². The maximum absolute atomic E-state index is 12.1. The fourth-order valence-electron chi connectivity index (χ4n) is 4.50. The van der Waals surface area contributed by atoms with Gasteiger partial charge in [-0.1, -0.05) is 35.9 Å². The largest absolute Gasteiger partial charge is 0.494 e. The first-order valence-corrected chi connectivity index (χ1v) is 13.2. The number of benzene rings is 2. The molecule has 0 aromatic heterocycles. The highest BCUT2D eigenvalue weighted by Crippen LogP contribution is 2.40. The maximum Gasteiger partial charge on any atom is 0.303 e. The van der Waals surface area contributed by atoms with E-state index in [-0.39, 0.29) is 6.61 Å². The summed E-state index contributed by atoms with van der Waals surface area (Å²) in [5, 5.41) is 0.514. The molecule has 2 aromatic carbocycles. The molecule has 0 bridgehead atoms. The number of hydrogen-bond donors (Lipinski definition) is 0. The molecule has 1 saturated heterocycles. The van der Waals surface area contributed by atoms with Crippen molar-refractivity contribution in [2.45, 2.75) is 71.6 Å². The molecule has 40 heavy (non-hydrogen) atoms. The minimum absolute atomic E-state index is 0.361. The summed E-state index contributed by atoms with van der Waals surface area (Å²) in [5.74, 6) is -1.82. The predicted octanol–water partition coefficient (Wildman–Crippen LogP) is 4.13. The van der Waals surface area contributed by atoms with E-state index in [0.717, 1.165) is 16.9 Å². The average molecular weight is 577 g/mol. The minimum Gasteiger partial charge on any atom is -0.494 e. The Morgan fingerprint density at radius 2 is 1.52 bits per heavy atom. The van der Waals surface area contributed by atoms with Gasteiger partial charge in [-0.25, -0.2) is 0 Å². The van der Waals surface area contributed by atoms with E-state index < -0.39 is 54.4 Å². The van der Waals surface area contributed by atoms with Crippen molar-refractivity contribution in [2.24, 2.45) is 0 Å². The van der Waals surface area contributed by atoms with Crippen LogP contribution in [-0.2, 0) is 49.3 Å². The summed E-state index contributed by atoms with van der Waals surface area (Å²) in [6.45, 7) is 6.91. The topological polar surface area (TPSA) is 124 Å². The number of esters is 4. The molecule has 3 rings (SSSR count). The van der Waals surface area contributed by atoms with Crippen molar-refractivity contribution >= 4 is 35.5 Å². The van der Waals surface area contributed by atoms with E-state index in [4.69, 9.17) is 40.0 Å². The minimum atomic E-state index is -1.17. The molecular weight excluding hydrogens is 544 g/mol. The molecular formula is C29H33ClO10. The first-order valence-electron chi connectivity index (χ1n) is 12.8. The smallest absolute Gasteiger partial charge is 0.303 e. The lowest BCUT2D eigenvalue weighted by Gasteiger charge is -2.27. The highest BCUT2D eigenvalue weighted by Gasteiger charge is 2.53. The molecule has 0 amide bonds. The van der Waals surface area contributed by atoms with E-state index in [9.17, 15) is 19.2 Å². The van der Waals surface area contributed by atoms with Crippen LogP contribution in [0.3, 0.4) is 0 Å². The molecule has 0 saturated carbocycles. The van der Waals surface area contributed by atoms with Gasteiger partial charge in [0.2, 0.25) is 0 Å². The predicted molar refractivity (Wildman–Crippen MR) is 143 cm³/mol. The fourth-order valence-corrected chi connectivity index (χ4v) is 4.69. The van der Waals surface area contributed by atoms with Crippen LogP contribution in [0.2, 0.25) is 5.02 Å². The number of rotatable bonds is 11. The second kappa shape index (κ2) is 14.1. The van der Waals surface area contributed by atoms with Gasteiger partial charge in [0.05, 0.1) is 6.61 Å². The second-order valence-electron chi connectivity index (χ2n) is 9.22. The van der Waals surface area contributed by atoms with Crippen LogP contribution in [0, 0.1) is 0 Å². The summed E-state index contributed by atoms with van der Waals surface area (Å²) in [5.41, 5.74) is 2.35. The lowest BCUT2D eigenvalue weighted by atomic mass is 9.96. The Labute approximate surface area is 237 Å². The Bertz CT molecular complexity index is 1210. The Morgan fingerprint density at radius 1 is 0.875 bits per heavy atom. The zero-order valence-corrected chi connectivity index (χ0v) is 23.8. The lowest BCUT2D eigenvalue weighted by molar-refractivity contribution is -0.176. The molecule has 2 aromatic rings. The standard InChI is InChI=1S/C29H33ClO10/c1-6-35-23-10-7-20(8-11-23)13-22-14-21(9-12-24(22)30)26-28(38-18(4)33)29(39-19(5)34)27(40-26)25(37-17(3)32)15-36-16(2)31/h7-12,14,25-29H,6,13,15H2,1-5H3/t25?,26-,27?,28+,29+/m1/s1. The third-order valence-corrected chi connectivity index (χ3v) is 6.38. The van der Waals surface area contributed by atoms with Crippen molar-refractivity contribution in [1.29, 1.82) is 0 Å². The van der Waals surface area contributed by atoms with Crippen molar-refractivity contribution in [2.75, 3.05) is 13.2 Å². The Balaban J connectivity index is 1.99. The van der Waals surface area contributed by atoms with Crippen LogP contribution in [-0.4, -0.2) is 61.5 Å². The summed E-state index contributed by atoms with van der Waals surface area (Å²) < 4.78 is 33.4. The van der Waals surface area contributed by atoms with Gasteiger partial charge in [0.1, 0.15) is 24.6 Å². The second-order valence-corrected chi connectivity index (χ2v) is 9.63. The van der Waals surface area contributed by atoms with Gasteiger partial charge >= 0.3 is 23.9 Å². The van der Waals surface area contributed by atoms with E-state index in [1.807, 2.05) is 37.3 Å². The normalized spacial score (nSPS) is 20.8. The number of hydrogen-bond acceptors (Lipinski definition) is 10. The molecule has 1 heterocycles. The molecule has 0 N–H and O–H groups in total. The molecule has 0 radical (unpaired) electrons. The summed E-state index contributed by atoms with van der Waals surface area (Å²) >= 11 is 6.53. The zero-order chi connectivity index (χ0) is 29.4. The zero-order valence-electron chi connectivity index (χ0n) is 23.0. The van der Waals surface area contributed by atoms with Crippen LogP contribution in [0.1, 0.15) is 57.4 Å². The van der Waals surface area contributed by atoms with Crippen molar-refractivity contribution in [1.82, 2.24) is 0 Å². The molecule has 2 unspecified atom stereocenters. The summed E-state index contributed by atoms with van der Waals surface area (Å²) in [4.78, 5) is 47.5. The third kappa shape index (κ3) is 8.43. The van der Waals surface area contributed by atoms with Crippen LogP contribution in [0.25, 0.3) is 0 Å². The molecule has 0 aliphatic carbocycles. The van der Waals surface area contributed by atoms with E-state index in [1.165, 1.54) is 27.7 Å². The Hall–Kier alpha value is -3.63. The van der Waals surface area contributed by atoms with Gasteiger partial charge in [-0.05, 0) is 48.2 Å². The summed E-state index contributed by atoms with van der Waals surface area (Å²) in [6.07, 6.45) is -4.97. The molecule has 11 heteroatoms. The van der Waals surface area contributed by atoms with Crippen LogP contribution in [0.5, 0.6) is 5.75 Å². The molecule has 1 aliphatic rings. The number of carbonyl (C=O) groups excluding carboxylic acids is 4. The van der Waals surface area contributed by atoms with Crippen molar-refractivity contribution in [3.05, 3.63) is 64.2 Å². The fraction of sp³-hybridized carbons (Fsp3) is 0.448. The van der Waals surface area contributed by atoms with Gasteiger partial charge in [-0.15, -0.1) is 0 Å². The maximum atomic E-state index is 12.1. The van der Waals surface area contributed by atoms with Crippen molar-refractivity contribution in [3.8, 4) is 5.75 Å². The van der Waals surface area contributed by atoms with Crippen LogP contribution in [0.15, 0.2) is 42.5 Å². The van der Waals surface area contributed by atoms with Gasteiger partial charge < -0.3 is 28.4 Å². The molecule has 216 valence electrons. The van der Waals surface area contributed by atoms with E-state index in [2.05, 4.69) is 0 Å². The number of halogens is 1. The Kier molecular flexibility index (Phi) is 10.9. The average Bonchev–Trinajstić information content (AvgIpc) is 3.20. The van der Waals surface area contributed by atoms with Gasteiger partial charge in [0.25, 0.3) is 0 Å². The molecule has 10 nitrogen and oxygen atoms in total. The SMILES string of the molecule is CCOc1ccc(Cc2cc([C@H]3OC(C(COC(C)=O)OC(C)=O)[C@H](OC(C)=O)[C@H]3OC(C)=O)ccc2Cl)cc1. The summed E-state index contributed by atoms with van der Waals surface area (Å²) in [7, 11) is 0. The van der Waals surface area contributed by atoms with Crippen molar-refractivity contribution in [3.63, 3.8) is 0 Å². The third-order valence-electron chi connectivity index (χ3n) is 6.02. The van der Waals surface area contributed by atoms with E-state index in [0.29, 0.717) is 23.6 Å². The van der Waals surface area contributed by atoms with Gasteiger partial charge in [0.15, 0.2) is 18.3 Å². The highest BCUT2D eigenvalue weighted by molar-refractivity contribution is 6.31. The molecule has 5 atom stereocenters. The highest BCUT2D eigenvalue weighted by atomic mass is 35.5. The molecule has 0 spiro atoms. The van der Waals surface area contributed by atoms with E-state index >= 15 is 0 Å². The first-order chi connectivity index (χ1) is 19.0. The number of ether oxygens (including phenoxy) is 6. The van der Waals surface area contributed by atoms with Crippen LogP contribution in [0.4, 0.5) is 0 Å². The van der Waals surface area contributed by atoms with E-state index in [1.54, 1.807) is 12.1 Å². The summed E-state index contributed by atoms with van der Waals surface area (Å²) in [6, 6.07) is 12.9. The monoisotopic (exact) mass is 576 g/mol. The van der Waals surface area contributed by atoms with Gasteiger partial charge in [0, 0.05) is 32.7 Å². The van der Waals surface area contributed by atoms with Gasteiger partial charge in [-0.2, -0.15) is 0 Å².